The van der Waals surface area contributed by atoms with E-state index >= 15 is 0 Å². The van der Waals surface area contributed by atoms with E-state index < -0.39 is 11.7 Å². The molecule has 3 nitrogen and oxygen atoms in total. The Hall–Kier alpha value is -1.27. The lowest BCUT2D eigenvalue weighted by atomic mass is 10.1. The molecule has 0 aliphatic rings. The molecule has 0 heterocycles. The minimum absolute atomic E-state index is 0.0697. The van der Waals surface area contributed by atoms with Crippen LogP contribution in [-0.4, -0.2) is 25.3 Å². The van der Waals surface area contributed by atoms with Crippen molar-refractivity contribution >= 4 is 5.69 Å². The van der Waals surface area contributed by atoms with Gasteiger partial charge >= 0.3 is 6.18 Å². The summed E-state index contributed by atoms with van der Waals surface area (Å²) in [6.07, 6.45) is -1.84. The van der Waals surface area contributed by atoms with E-state index in [4.69, 9.17) is 10.8 Å². The average Bonchev–Trinajstić information content (AvgIpc) is 2.41. The molecule has 0 spiro atoms. The van der Waals surface area contributed by atoms with Crippen LogP contribution < -0.4 is 10.6 Å². The molecule has 0 saturated heterocycles. The van der Waals surface area contributed by atoms with Crippen molar-refractivity contribution in [2.75, 3.05) is 25.1 Å². The van der Waals surface area contributed by atoms with Crippen molar-refractivity contribution in [3.05, 3.63) is 29.3 Å². The van der Waals surface area contributed by atoms with Crippen molar-refractivity contribution < 1.29 is 18.3 Å². The molecule has 3 N–H and O–H groups in total. The minimum Gasteiger partial charge on any atom is -0.396 e. The fourth-order valence-electron chi connectivity index (χ4n) is 2.06. The topological polar surface area (TPSA) is 49.5 Å². The van der Waals surface area contributed by atoms with Gasteiger partial charge < -0.3 is 15.7 Å². The lowest BCUT2D eigenvalue weighted by Crippen LogP contribution is -2.21. The van der Waals surface area contributed by atoms with Crippen LogP contribution in [0.3, 0.4) is 0 Å². The summed E-state index contributed by atoms with van der Waals surface area (Å²) in [6.45, 7) is 0.955. The molecule has 0 bridgehead atoms. The Kier molecular flexibility index (Phi) is 6.29. The summed E-state index contributed by atoms with van der Waals surface area (Å²) >= 11 is 0. The first-order valence-electron chi connectivity index (χ1n) is 6.62. The molecule has 0 unspecified atom stereocenters. The quantitative estimate of drug-likeness (QED) is 0.759. The Balaban J connectivity index is 2.79. The van der Waals surface area contributed by atoms with Crippen LogP contribution in [0.5, 0.6) is 0 Å². The molecule has 0 aromatic heterocycles. The highest BCUT2D eigenvalue weighted by Crippen LogP contribution is 2.32. The summed E-state index contributed by atoms with van der Waals surface area (Å²) < 4.78 is 37.9. The second-order valence-electron chi connectivity index (χ2n) is 4.75. The SMILES string of the molecule is CN(CCCCCO)c1ccc(C(F)(F)F)cc1CN. The van der Waals surface area contributed by atoms with E-state index in [9.17, 15) is 13.2 Å². The van der Waals surface area contributed by atoms with Gasteiger partial charge in [0, 0.05) is 32.4 Å². The normalized spacial score (nSPS) is 11.7. The van der Waals surface area contributed by atoms with Crippen LogP contribution in [0.2, 0.25) is 0 Å². The van der Waals surface area contributed by atoms with Gasteiger partial charge in [-0.25, -0.2) is 0 Å². The van der Waals surface area contributed by atoms with Crippen molar-refractivity contribution in [3.8, 4) is 0 Å². The van der Waals surface area contributed by atoms with E-state index in [1.165, 1.54) is 6.07 Å². The number of alkyl halides is 3. The molecule has 1 rings (SSSR count). The number of benzene rings is 1. The zero-order chi connectivity index (χ0) is 15.2. The number of hydrogen-bond acceptors (Lipinski definition) is 3. The average molecular weight is 290 g/mol. The molecule has 114 valence electrons. The monoisotopic (exact) mass is 290 g/mol. The number of halogens is 3. The predicted octanol–water partition coefficient (Wildman–Crippen LogP) is 2.76. The van der Waals surface area contributed by atoms with Gasteiger partial charge in [0.1, 0.15) is 0 Å². The molecule has 0 radical (unpaired) electrons. The lowest BCUT2D eigenvalue weighted by molar-refractivity contribution is -0.137. The van der Waals surface area contributed by atoms with Crippen LogP contribution >= 0.6 is 0 Å². The van der Waals surface area contributed by atoms with Gasteiger partial charge in [-0.1, -0.05) is 0 Å². The molecular formula is C14H21F3N2O. The zero-order valence-corrected chi connectivity index (χ0v) is 11.6. The summed E-state index contributed by atoms with van der Waals surface area (Å²) in [5.74, 6) is 0. The Morgan fingerprint density at radius 2 is 1.90 bits per heavy atom. The third-order valence-electron chi connectivity index (χ3n) is 3.19. The van der Waals surface area contributed by atoms with Crippen LogP contribution in [0, 0.1) is 0 Å². The third kappa shape index (κ3) is 4.68. The molecule has 0 amide bonds. The first-order chi connectivity index (χ1) is 9.40. The number of aliphatic hydroxyl groups excluding tert-OH is 1. The molecule has 0 fully saturated rings. The Morgan fingerprint density at radius 3 is 2.45 bits per heavy atom. The fraction of sp³-hybridized carbons (Fsp3) is 0.571. The van der Waals surface area contributed by atoms with Crippen LogP contribution in [0.25, 0.3) is 0 Å². The van der Waals surface area contributed by atoms with Gasteiger partial charge in [-0.3, -0.25) is 0 Å². The summed E-state index contributed by atoms with van der Waals surface area (Å²) in [6, 6.07) is 3.66. The molecule has 1 aromatic rings. The summed E-state index contributed by atoms with van der Waals surface area (Å²) in [5.41, 5.74) is 6.10. The highest BCUT2D eigenvalue weighted by Gasteiger charge is 2.31. The van der Waals surface area contributed by atoms with Gasteiger partial charge in [0.2, 0.25) is 0 Å². The summed E-state index contributed by atoms with van der Waals surface area (Å²) in [7, 11) is 1.83. The maximum Gasteiger partial charge on any atom is 0.416 e. The number of anilines is 1. The van der Waals surface area contributed by atoms with Crippen LogP contribution in [0.4, 0.5) is 18.9 Å². The van der Waals surface area contributed by atoms with E-state index in [0.29, 0.717) is 5.56 Å². The first-order valence-corrected chi connectivity index (χ1v) is 6.62. The molecule has 20 heavy (non-hydrogen) atoms. The maximum absolute atomic E-state index is 12.6. The highest BCUT2D eigenvalue weighted by atomic mass is 19.4. The minimum atomic E-state index is -4.35. The maximum atomic E-state index is 12.6. The van der Waals surface area contributed by atoms with Gasteiger partial charge in [0.15, 0.2) is 0 Å². The standard InChI is InChI=1S/C14H21F3N2O/c1-19(7-3-2-4-8-20)13-6-5-12(14(15,16)17)9-11(13)10-18/h5-6,9,20H,2-4,7-8,10,18H2,1H3. The number of rotatable bonds is 7. The van der Waals surface area contributed by atoms with Gasteiger partial charge in [0.05, 0.1) is 5.56 Å². The van der Waals surface area contributed by atoms with Gasteiger partial charge in [-0.2, -0.15) is 13.2 Å². The molecule has 1 aromatic carbocycles. The highest BCUT2D eigenvalue weighted by molar-refractivity contribution is 5.55. The Morgan fingerprint density at radius 1 is 1.20 bits per heavy atom. The van der Waals surface area contributed by atoms with Crippen LogP contribution in [-0.2, 0) is 12.7 Å². The Bertz CT molecular complexity index is 421. The number of nitrogens with zero attached hydrogens (tertiary/aromatic N) is 1. The number of unbranched alkanes of at least 4 members (excludes halogenated alkanes) is 2. The number of nitrogens with two attached hydrogens (primary N) is 1. The van der Waals surface area contributed by atoms with E-state index in [1.807, 2.05) is 11.9 Å². The van der Waals surface area contributed by atoms with Crippen molar-refractivity contribution in [2.45, 2.75) is 32.0 Å². The molecule has 0 atom stereocenters. The molecular weight excluding hydrogens is 269 g/mol. The summed E-state index contributed by atoms with van der Waals surface area (Å²) in [4.78, 5) is 1.90. The number of aliphatic hydroxyl groups is 1. The van der Waals surface area contributed by atoms with Crippen molar-refractivity contribution in [2.24, 2.45) is 5.73 Å². The largest absolute Gasteiger partial charge is 0.416 e. The van der Waals surface area contributed by atoms with Crippen molar-refractivity contribution in [3.63, 3.8) is 0 Å². The summed E-state index contributed by atoms with van der Waals surface area (Å²) in [5, 5.41) is 8.70. The van der Waals surface area contributed by atoms with E-state index in [2.05, 4.69) is 0 Å². The Labute approximate surface area is 117 Å². The van der Waals surface area contributed by atoms with Crippen molar-refractivity contribution in [1.82, 2.24) is 0 Å². The van der Waals surface area contributed by atoms with Crippen LogP contribution in [0.15, 0.2) is 18.2 Å². The molecule has 0 aliphatic heterocycles. The first kappa shape index (κ1) is 16.8. The molecule has 0 aliphatic carbocycles. The smallest absolute Gasteiger partial charge is 0.396 e. The third-order valence-corrected chi connectivity index (χ3v) is 3.19. The van der Waals surface area contributed by atoms with E-state index in [-0.39, 0.29) is 13.2 Å². The van der Waals surface area contributed by atoms with Gasteiger partial charge in [-0.05, 0) is 43.0 Å². The number of hydrogen-bond donors (Lipinski definition) is 2. The fourth-order valence-corrected chi connectivity index (χ4v) is 2.06. The van der Waals surface area contributed by atoms with E-state index in [0.717, 1.165) is 43.6 Å². The second kappa shape index (κ2) is 7.50. The molecule has 6 heteroatoms. The van der Waals surface area contributed by atoms with E-state index in [1.54, 1.807) is 0 Å². The van der Waals surface area contributed by atoms with Crippen molar-refractivity contribution in [1.29, 1.82) is 0 Å². The zero-order valence-electron chi connectivity index (χ0n) is 11.6. The predicted molar refractivity (Wildman–Crippen MR) is 73.5 cm³/mol. The molecule has 0 saturated carbocycles. The lowest BCUT2D eigenvalue weighted by Gasteiger charge is -2.23. The van der Waals surface area contributed by atoms with Gasteiger partial charge in [-0.15, -0.1) is 0 Å². The van der Waals surface area contributed by atoms with Crippen LogP contribution in [0.1, 0.15) is 30.4 Å². The second-order valence-corrected chi connectivity index (χ2v) is 4.75. The van der Waals surface area contributed by atoms with Gasteiger partial charge in [0.25, 0.3) is 0 Å².